The second kappa shape index (κ2) is 6.65. The van der Waals surface area contributed by atoms with Crippen LogP contribution >= 0.6 is 0 Å². The van der Waals surface area contributed by atoms with Gasteiger partial charge in [-0.1, -0.05) is 6.07 Å². The number of rotatable bonds is 7. The molecule has 0 radical (unpaired) electrons. The third kappa shape index (κ3) is 3.53. The summed E-state index contributed by atoms with van der Waals surface area (Å²) in [5, 5.41) is 13.7. The summed E-state index contributed by atoms with van der Waals surface area (Å²) in [7, 11) is 0. The Balaban J connectivity index is 1.82. The highest BCUT2D eigenvalue weighted by Crippen LogP contribution is 2.27. The Bertz CT molecular complexity index is 572. The van der Waals surface area contributed by atoms with Crippen LogP contribution in [0.3, 0.4) is 0 Å². The summed E-state index contributed by atoms with van der Waals surface area (Å²) in [6, 6.07) is 4.05. The molecule has 7 heteroatoms. The highest BCUT2D eigenvalue weighted by Gasteiger charge is 2.18. The summed E-state index contributed by atoms with van der Waals surface area (Å²) in [5.74, 6) is -0.821. The zero-order valence-corrected chi connectivity index (χ0v) is 10.8. The molecule has 0 unspecified atom stereocenters. The summed E-state index contributed by atoms with van der Waals surface area (Å²) in [6.45, 7) is 1.39. The maximum atomic E-state index is 13.4. The number of hydrogen-bond donors (Lipinski definition) is 1. The molecule has 0 saturated heterocycles. The molecule has 1 aromatic carbocycles. The van der Waals surface area contributed by atoms with E-state index in [0.29, 0.717) is 6.54 Å². The molecule has 1 aromatic heterocycles. The quantitative estimate of drug-likeness (QED) is 0.480. The minimum atomic E-state index is -0.821. The third-order valence-corrected chi connectivity index (χ3v) is 2.89. The van der Waals surface area contributed by atoms with Crippen LogP contribution in [0.2, 0.25) is 0 Å². The second-order valence-corrected chi connectivity index (χ2v) is 4.33. The van der Waals surface area contributed by atoms with E-state index >= 15 is 0 Å². The van der Waals surface area contributed by atoms with Crippen molar-refractivity contribution in [3.63, 3.8) is 0 Å². The molecule has 0 saturated carbocycles. The van der Waals surface area contributed by atoms with Crippen LogP contribution in [0.4, 0.5) is 15.8 Å². The Kier molecular flexibility index (Phi) is 4.65. The van der Waals surface area contributed by atoms with Crippen LogP contribution in [0.5, 0.6) is 0 Å². The number of unbranched alkanes of at least 4 members (excludes halogenated alkanes) is 1. The van der Waals surface area contributed by atoms with Crippen LogP contribution in [-0.4, -0.2) is 21.0 Å². The molecule has 0 amide bonds. The van der Waals surface area contributed by atoms with Crippen LogP contribution in [0, 0.1) is 15.9 Å². The minimum absolute atomic E-state index is 0.220. The molecule has 1 N–H and O–H groups in total. The number of aromatic nitrogens is 2. The van der Waals surface area contributed by atoms with Crippen molar-refractivity contribution >= 4 is 11.4 Å². The van der Waals surface area contributed by atoms with Crippen molar-refractivity contribution in [1.82, 2.24) is 9.55 Å². The fraction of sp³-hybridized carbons (Fsp3) is 0.308. The Hall–Kier alpha value is -2.44. The lowest BCUT2D eigenvalue weighted by Gasteiger charge is -2.07. The van der Waals surface area contributed by atoms with Crippen LogP contribution in [0.25, 0.3) is 0 Å². The molecular formula is C13H15FN4O2. The predicted molar refractivity (Wildman–Crippen MR) is 73.0 cm³/mol. The number of para-hydroxylation sites is 1. The van der Waals surface area contributed by atoms with Gasteiger partial charge in [0.2, 0.25) is 5.82 Å². The van der Waals surface area contributed by atoms with Crippen molar-refractivity contribution < 1.29 is 9.31 Å². The molecule has 2 rings (SSSR count). The molecule has 0 aliphatic heterocycles. The van der Waals surface area contributed by atoms with E-state index in [2.05, 4.69) is 10.3 Å². The summed E-state index contributed by atoms with van der Waals surface area (Å²) in [4.78, 5) is 14.0. The first-order valence-electron chi connectivity index (χ1n) is 6.31. The molecule has 6 nitrogen and oxygen atoms in total. The van der Waals surface area contributed by atoms with Crippen molar-refractivity contribution in [2.45, 2.75) is 19.4 Å². The topological polar surface area (TPSA) is 73.0 Å². The van der Waals surface area contributed by atoms with Gasteiger partial charge in [0.05, 0.1) is 11.3 Å². The number of anilines is 1. The Morgan fingerprint density at radius 3 is 2.95 bits per heavy atom. The number of nitrogens with one attached hydrogen (secondary N) is 1. The molecular weight excluding hydrogens is 263 g/mol. The smallest absolute Gasteiger partial charge is 0.327 e. The number of halogens is 1. The van der Waals surface area contributed by atoms with Crippen molar-refractivity contribution in [2.75, 3.05) is 11.9 Å². The lowest BCUT2D eigenvalue weighted by Crippen LogP contribution is -2.06. The minimum Gasteiger partial charge on any atom is -0.379 e. The van der Waals surface area contributed by atoms with Gasteiger partial charge in [0, 0.05) is 25.5 Å². The zero-order chi connectivity index (χ0) is 14.4. The standard InChI is InChI=1S/C13H15FN4O2/c14-11-4-3-5-12(13(11)18(19)20)16-6-1-2-8-17-9-7-15-10-17/h3-5,7,9-10,16H,1-2,6,8H2. The fourth-order valence-electron chi connectivity index (χ4n) is 1.90. The molecule has 0 bridgehead atoms. The molecule has 0 fully saturated rings. The Morgan fingerprint density at radius 1 is 1.40 bits per heavy atom. The van der Waals surface area contributed by atoms with Crippen molar-refractivity contribution in [3.05, 3.63) is 52.9 Å². The number of nitrogens with zero attached hydrogens (tertiary/aromatic N) is 3. The van der Waals surface area contributed by atoms with E-state index < -0.39 is 16.4 Å². The largest absolute Gasteiger partial charge is 0.379 e. The maximum Gasteiger partial charge on any atom is 0.327 e. The molecule has 0 aliphatic rings. The maximum absolute atomic E-state index is 13.4. The van der Waals surface area contributed by atoms with E-state index in [0.717, 1.165) is 25.5 Å². The van der Waals surface area contributed by atoms with Crippen molar-refractivity contribution in [2.24, 2.45) is 0 Å². The molecule has 20 heavy (non-hydrogen) atoms. The molecule has 0 aliphatic carbocycles. The van der Waals surface area contributed by atoms with E-state index in [-0.39, 0.29) is 5.69 Å². The average Bonchev–Trinajstić information content (AvgIpc) is 2.91. The average molecular weight is 278 g/mol. The molecule has 0 atom stereocenters. The van der Waals surface area contributed by atoms with E-state index in [1.807, 2.05) is 10.8 Å². The number of imidazole rings is 1. The van der Waals surface area contributed by atoms with Crippen LogP contribution < -0.4 is 5.32 Å². The number of hydrogen-bond acceptors (Lipinski definition) is 4. The first-order chi connectivity index (χ1) is 9.68. The number of nitro benzene ring substituents is 1. The van der Waals surface area contributed by atoms with Gasteiger partial charge in [0.1, 0.15) is 5.69 Å². The molecule has 0 spiro atoms. The number of aryl methyl sites for hydroxylation is 1. The SMILES string of the molecule is O=[N+]([O-])c1c(F)cccc1NCCCCn1ccnc1. The van der Waals surface area contributed by atoms with Gasteiger partial charge >= 0.3 is 5.69 Å². The Morgan fingerprint density at radius 2 is 2.25 bits per heavy atom. The van der Waals surface area contributed by atoms with E-state index in [1.165, 1.54) is 12.1 Å². The van der Waals surface area contributed by atoms with E-state index in [4.69, 9.17) is 0 Å². The Labute approximate surface area is 115 Å². The highest BCUT2D eigenvalue weighted by molar-refractivity contribution is 5.61. The van der Waals surface area contributed by atoms with E-state index in [9.17, 15) is 14.5 Å². The molecule has 106 valence electrons. The second-order valence-electron chi connectivity index (χ2n) is 4.33. The number of nitro groups is 1. The van der Waals surface area contributed by atoms with Gasteiger partial charge in [-0.2, -0.15) is 4.39 Å². The highest BCUT2D eigenvalue weighted by atomic mass is 19.1. The van der Waals surface area contributed by atoms with Gasteiger partial charge in [-0.15, -0.1) is 0 Å². The molecule has 1 heterocycles. The summed E-state index contributed by atoms with van der Waals surface area (Å²) in [5.41, 5.74) is -0.278. The normalized spacial score (nSPS) is 10.4. The van der Waals surface area contributed by atoms with Crippen LogP contribution in [0.15, 0.2) is 36.9 Å². The van der Waals surface area contributed by atoms with Gasteiger partial charge in [-0.25, -0.2) is 4.98 Å². The van der Waals surface area contributed by atoms with Gasteiger partial charge in [0.15, 0.2) is 0 Å². The van der Waals surface area contributed by atoms with Gasteiger partial charge in [-0.05, 0) is 25.0 Å². The summed E-state index contributed by atoms with van der Waals surface area (Å²) in [6.07, 6.45) is 7.07. The summed E-state index contributed by atoms with van der Waals surface area (Å²) < 4.78 is 15.3. The first-order valence-corrected chi connectivity index (χ1v) is 6.31. The lowest BCUT2D eigenvalue weighted by atomic mass is 10.2. The third-order valence-electron chi connectivity index (χ3n) is 2.89. The zero-order valence-electron chi connectivity index (χ0n) is 10.8. The van der Waals surface area contributed by atoms with Crippen LogP contribution in [-0.2, 0) is 6.54 Å². The van der Waals surface area contributed by atoms with E-state index in [1.54, 1.807) is 12.5 Å². The van der Waals surface area contributed by atoms with Crippen molar-refractivity contribution in [1.29, 1.82) is 0 Å². The van der Waals surface area contributed by atoms with Crippen LogP contribution in [0.1, 0.15) is 12.8 Å². The number of benzene rings is 1. The molecule has 2 aromatic rings. The fourth-order valence-corrected chi connectivity index (χ4v) is 1.90. The first kappa shape index (κ1) is 14.0. The monoisotopic (exact) mass is 278 g/mol. The van der Waals surface area contributed by atoms with Gasteiger partial charge in [-0.3, -0.25) is 10.1 Å². The summed E-state index contributed by atoms with van der Waals surface area (Å²) >= 11 is 0. The predicted octanol–water partition coefficient (Wildman–Crippen LogP) is 2.82. The lowest BCUT2D eigenvalue weighted by molar-refractivity contribution is -0.386. The van der Waals surface area contributed by atoms with Gasteiger partial charge < -0.3 is 9.88 Å². The van der Waals surface area contributed by atoms with Gasteiger partial charge in [0.25, 0.3) is 0 Å². The van der Waals surface area contributed by atoms with Crippen molar-refractivity contribution in [3.8, 4) is 0 Å².